The number of nitrogens with zero attached hydrogens (tertiary/aromatic N) is 4. The van der Waals surface area contributed by atoms with Crippen molar-refractivity contribution in [3.63, 3.8) is 0 Å². The fourth-order valence-corrected chi connectivity index (χ4v) is 3.32. The number of nitrogens with one attached hydrogen (secondary N) is 1. The van der Waals surface area contributed by atoms with Gasteiger partial charge in [0.15, 0.2) is 5.82 Å². The van der Waals surface area contributed by atoms with E-state index in [1.54, 1.807) is 4.52 Å². The third-order valence-corrected chi connectivity index (χ3v) is 5.30. The van der Waals surface area contributed by atoms with E-state index in [4.69, 9.17) is 16.7 Å². The summed E-state index contributed by atoms with van der Waals surface area (Å²) in [6.07, 6.45) is 0. The summed E-state index contributed by atoms with van der Waals surface area (Å²) in [5.74, 6) is 1.99. The van der Waals surface area contributed by atoms with Crippen LogP contribution in [0.1, 0.15) is 37.6 Å². The molecule has 1 N–H and O–H groups in total. The van der Waals surface area contributed by atoms with Crippen molar-refractivity contribution in [2.75, 3.05) is 5.32 Å². The lowest BCUT2D eigenvalue weighted by Crippen LogP contribution is -2.10. The van der Waals surface area contributed by atoms with Gasteiger partial charge in [0, 0.05) is 28.0 Å². The highest BCUT2D eigenvalue weighted by atomic mass is 35.5. The number of aromatic nitrogens is 4. The van der Waals surface area contributed by atoms with Gasteiger partial charge in [0.25, 0.3) is 5.78 Å². The molecule has 6 heteroatoms. The Morgan fingerprint density at radius 3 is 2.31 bits per heavy atom. The van der Waals surface area contributed by atoms with Crippen LogP contribution in [0.15, 0.2) is 48.5 Å². The van der Waals surface area contributed by atoms with Crippen LogP contribution in [0.4, 0.5) is 11.5 Å². The minimum Gasteiger partial charge on any atom is -0.340 e. The average molecular weight is 406 g/mol. The van der Waals surface area contributed by atoms with Crippen molar-refractivity contribution in [3.05, 3.63) is 70.4 Å². The van der Waals surface area contributed by atoms with Gasteiger partial charge in [-0.15, -0.1) is 5.10 Å². The first kappa shape index (κ1) is 19.4. The number of benzene rings is 2. The highest BCUT2D eigenvalue weighted by Gasteiger charge is 2.15. The molecule has 29 heavy (non-hydrogen) atoms. The summed E-state index contributed by atoms with van der Waals surface area (Å²) in [6, 6.07) is 16.2. The zero-order chi connectivity index (χ0) is 20.8. The van der Waals surface area contributed by atoms with E-state index in [2.05, 4.69) is 60.3 Å². The van der Waals surface area contributed by atoms with E-state index in [1.807, 2.05) is 38.1 Å². The van der Waals surface area contributed by atoms with Crippen molar-refractivity contribution in [2.24, 2.45) is 0 Å². The van der Waals surface area contributed by atoms with Crippen molar-refractivity contribution in [1.29, 1.82) is 0 Å². The zero-order valence-corrected chi connectivity index (χ0v) is 18.0. The van der Waals surface area contributed by atoms with Gasteiger partial charge < -0.3 is 5.32 Å². The Morgan fingerprint density at radius 1 is 0.931 bits per heavy atom. The molecule has 4 rings (SSSR count). The standard InChI is InChI=1S/C23H24ClN5/c1-14-6-11-18(13-19(14)24)26-20-12-15(2)25-22-27-21(28-29(20)22)16-7-9-17(10-8-16)23(3,4)5/h6-13,26H,1-5H3. The molecule has 5 nitrogen and oxygen atoms in total. The van der Waals surface area contributed by atoms with Crippen LogP contribution in [-0.2, 0) is 5.41 Å². The third-order valence-electron chi connectivity index (χ3n) is 4.89. The summed E-state index contributed by atoms with van der Waals surface area (Å²) in [5.41, 5.74) is 5.13. The Bertz CT molecular complexity index is 1190. The predicted molar refractivity (Wildman–Crippen MR) is 119 cm³/mol. The molecule has 0 aliphatic rings. The molecule has 0 unspecified atom stereocenters. The molecular formula is C23H24ClN5. The summed E-state index contributed by atoms with van der Waals surface area (Å²) in [4.78, 5) is 9.18. The van der Waals surface area contributed by atoms with Gasteiger partial charge in [-0.3, -0.25) is 0 Å². The molecule has 0 fully saturated rings. The number of anilines is 2. The fraction of sp³-hybridized carbons (Fsp3) is 0.261. The third kappa shape index (κ3) is 3.96. The molecular weight excluding hydrogens is 382 g/mol. The molecule has 0 aliphatic heterocycles. The van der Waals surface area contributed by atoms with Gasteiger partial charge in [-0.2, -0.15) is 9.50 Å². The maximum Gasteiger partial charge on any atom is 0.254 e. The lowest BCUT2D eigenvalue weighted by Gasteiger charge is -2.18. The Balaban J connectivity index is 1.74. The molecule has 4 aromatic rings. The van der Waals surface area contributed by atoms with E-state index in [1.165, 1.54) is 5.56 Å². The van der Waals surface area contributed by atoms with Crippen molar-refractivity contribution in [3.8, 4) is 11.4 Å². The quantitative estimate of drug-likeness (QED) is 0.447. The van der Waals surface area contributed by atoms with Crippen LogP contribution in [0.3, 0.4) is 0 Å². The molecule has 2 heterocycles. The Morgan fingerprint density at radius 2 is 1.66 bits per heavy atom. The van der Waals surface area contributed by atoms with Crippen LogP contribution in [0.2, 0.25) is 5.02 Å². The molecule has 0 saturated heterocycles. The first-order valence-electron chi connectivity index (χ1n) is 9.59. The second-order valence-corrected chi connectivity index (χ2v) is 8.75. The molecule has 0 saturated carbocycles. The summed E-state index contributed by atoms with van der Waals surface area (Å²) in [6.45, 7) is 10.5. The van der Waals surface area contributed by atoms with Crippen molar-refractivity contribution in [2.45, 2.75) is 40.0 Å². The van der Waals surface area contributed by atoms with Gasteiger partial charge in [-0.25, -0.2) is 4.98 Å². The molecule has 2 aromatic carbocycles. The van der Waals surface area contributed by atoms with Crippen LogP contribution in [0.5, 0.6) is 0 Å². The van der Waals surface area contributed by atoms with E-state index in [9.17, 15) is 0 Å². The van der Waals surface area contributed by atoms with Crippen LogP contribution in [0.25, 0.3) is 17.2 Å². The van der Waals surface area contributed by atoms with Gasteiger partial charge >= 0.3 is 0 Å². The summed E-state index contributed by atoms with van der Waals surface area (Å²) < 4.78 is 1.73. The van der Waals surface area contributed by atoms with Gasteiger partial charge in [-0.1, -0.05) is 62.7 Å². The second kappa shape index (κ2) is 7.16. The molecule has 0 atom stereocenters. The topological polar surface area (TPSA) is 55.1 Å². The highest BCUT2D eigenvalue weighted by Crippen LogP contribution is 2.27. The summed E-state index contributed by atoms with van der Waals surface area (Å²) >= 11 is 6.27. The smallest absolute Gasteiger partial charge is 0.254 e. The number of halogens is 1. The van der Waals surface area contributed by atoms with Gasteiger partial charge in [0.2, 0.25) is 0 Å². The van der Waals surface area contributed by atoms with Crippen molar-refractivity contribution in [1.82, 2.24) is 19.6 Å². The Hall–Kier alpha value is -2.92. The number of fused-ring (bicyclic) bond motifs is 1. The second-order valence-electron chi connectivity index (χ2n) is 8.35. The van der Waals surface area contributed by atoms with Crippen LogP contribution in [-0.4, -0.2) is 19.6 Å². The lowest BCUT2D eigenvalue weighted by atomic mass is 9.87. The lowest BCUT2D eigenvalue weighted by molar-refractivity contribution is 0.590. The Kier molecular flexibility index (Phi) is 4.79. The number of hydrogen-bond donors (Lipinski definition) is 1. The van der Waals surface area contributed by atoms with Crippen LogP contribution >= 0.6 is 11.6 Å². The first-order valence-corrected chi connectivity index (χ1v) is 9.97. The molecule has 0 radical (unpaired) electrons. The van der Waals surface area contributed by atoms with Gasteiger partial charge in [-0.05, 0) is 42.5 Å². The molecule has 0 spiro atoms. The zero-order valence-electron chi connectivity index (χ0n) is 17.3. The molecule has 0 bridgehead atoms. The average Bonchev–Trinajstić information content (AvgIpc) is 3.08. The molecule has 148 valence electrons. The summed E-state index contributed by atoms with van der Waals surface area (Å²) in [7, 11) is 0. The SMILES string of the molecule is Cc1cc(Nc2ccc(C)c(Cl)c2)n2nc(-c3ccc(C(C)(C)C)cc3)nc2n1. The van der Waals surface area contributed by atoms with E-state index in [-0.39, 0.29) is 5.41 Å². The van der Waals surface area contributed by atoms with Crippen LogP contribution in [0, 0.1) is 13.8 Å². The first-order chi connectivity index (χ1) is 13.7. The fourth-order valence-electron chi connectivity index (χ4n) is 3.14. The maximum atomic E-state index is 6.27. The van der Waals surface area contributed by atoms with E-state index >= 15 is 0 Å². The normalized spacial score (nSPS) is 11.8. The van der Waals surface area contributed by atoms with E-state index in [0.29, 0.717) is 11.6 Å². The van der Waals surface area contributed by atoms with E-state index < -0.39 is 0 Å². The monoisotopic (exact) mass is 405 g/mol. The van der Waals surface area contributed by atoms with E-state index in [0.717, 1.165) is 33.3 Å². The number of aryl methyl sites for hydroxylation is 2. The molecule has 0 aliphatic carbocycles. The van der Waals surface area contributed by atoms with Gasteiger partial charge in [0.1, 0.15) is 5.82 Å². The minimum absolute atomic E-state index is 0.107. The highest BCUT2D eigenvalue weighted by molar-refractivity contribution is 6.31. The molecule has 2 aromatic heterocycles. The Labute approximate surface area is 175 Å². The number of hydrogen-bond acceptors (Lipinski definition) is 4. The molecule has 0 amide bonds. The predicted octanol–water partition coefficient (Wildman–Crippen LogP) is 6.10. The van der Waals surface area contributed by atoms with Crippen molar-refractivity contribution < 1.29 is 0 Å². The number of rotatable bonds is 3. The largest absolute Gasteiger partial charge is 0.340 e. The minimum atomic E-state index is 0.107. The van der Waals surface area contributed by atoms with Crippen LogP contribution < -0.4 is 5.32 Å². The maximum absolute atomic E-state index is 6.27. The summed E-state index contributed by atoms with van der Waals surface area (Å²) in [5, 5.41) is 8.80. The van der Waals surface area contributed by atoms with Crippen molar-refractivity contribution >= 4 is 28.9 Å². The van der Waals surface area contributed by atoms with Gasteiger partial charge in [0.05, 0.1) is 0 Å².